The standard InChI is InChI=1S/C15H12N2O2S/c16-12-4-6-13(7-5-12)20(18,19)15-3-1-2-11-10-17-9-8-14(11)15/h1-10H,16H2. The van der Waals surface area contributed by atoms with Crippen LogP contribution in [-0.2, 0) is 9.84 Å². The summed E-state index contributed by atoms with van der Waals surface area (Å²) in [4.78, 5) is 4.52. The van der Waals surface area contributed by atoms with Crippen LogP contribution in [0.3, 0.4) is 0 Å². The summed E-state index contributed by atoms with van der Waals surface area (Å²) in [5, 5.41) is 1.46. The van der Waals surface area contributed by atoms with E-state index in [4.69, 9.17) is 5.73 Å². The van der Waals surface area contributed by atoms with Gasteiger partial charge in [-0.05, 0) is 36.4 Å². The van der Waals surface area contributed by atoms with Gasteiger partial charge < -0.3 is 5.73 Å². The van der Waals surface area contributed by atoms with Crippen molar-refractivity contribution in [3.8, 4) is 0 Å². The summed E-state index contributed by atoms with van der Waals surface area (Å²) in [6, 6.07) is 13.1. The minimum atomic E-state index is -3.57. The predicted octanol–water partition coefficient (Wildman–Crippen LogP) is 2.65. The molecule has 0 saturated carbocycles. The van der Waals surface area contributed by atoms with Crippen molar-refractivity contribution in [3.63, 3.8) is 0 Å². The molecule has 3 aromatic rings. The normalized spacial score (nSPS) is 11.6. The van der Waals surface area contributed by atoms with E-state index in [9.17, 15) is 8.42 Å². The molecule has 0 aliphatic heterocycles. The quantitative estimate of drug-likeness (QED) is 0.734. The number of nitrogens with two attached hydrogens (primary N) is 1. The van der Waals surface area contributed by atoms with E-state index in [1.165, 1.54) is 12.1 Å². The first kappa shape index (κ1) is 12.6. The van der Waals surface area contributed by atoms with Crippen LogP contribution >= 0.6 is 0 Å². The average molecular weight is 284 g/mol. The maximum Gasteiger partial charge on any atom is 0.207 e. The Morgan fingerprint density at radius 2 is 1.70 bits per heavy atom. The van der Waals surface area contributed by atoms with Gasteiger partial charge in [0.2, 0.25) is 9.84 Å². The maximum absolute atomic E-state index is 12.7. The Morgan fingerprint density at radius 3 is 2.45 bits per heavy atom. The molecule has 4 nitrogen and oxygen atoms in total. The van der Waals surface area contributed by atoms with Crippen molar-refractivity contribution < 1.29 is 8.42 Å². The van der Waals surface area contributed by atoms with Gasteiger partial charge in [-0.1, -0.05) is 12.1 Å². The van der Waals surface area contributed by atoms with E-state index < -0.39 is 9.84 Å². The van der Waals surface area contributed by atoms with Gasteiger partial charge in [0.25, 0.3) is 0 Å². The van der Waals surface area contributed by atoms with Crippen LogP contribution in [-0.4, -0.2) is 13.4 Å². The number of fused-ring (bicyclic) bond motifs is 1. The van der Waals surface area contributed by atoms with E-state index in [1.54, 1.807) is 42.7 Å². The minimum absolute atomic E-state index is 0.232. The third kappa shape index (κ3) is 2.02. The molecule has 0 spiro atoms. The molecule has 0 unspecified atom stereocenters. The van der Waals surface area contributed by atoms with Crippen LogP contribution < -0.4 is 5.73 Å². The highest BCUT2D eigenvalue weighted by molar-refractivity contribution is 7.91. The molecule has 0 radical (unpaired) electrons. The van der Waals surface area contributed by atoms with E-state index in [0.29, 0.717) is 11.1 Å². The smallest absolute Gasteiger partial charge is 0.207 e. The molecule has 0 saturated heterocycles. The molecule has 0 aliphatic rings. The van der Waals surface area contributed by atoms with E-state index in [0.717, 1.165) is 5.39 Å². The maximum atomic E-state index is 12.7. The van der Waals surface area contributed by atoms with Crippen molar-refractivity contribution in [1.82, 2.24) is 4.98 Å². The van der Waals surface area contributed by atoms with Gasteiger partial charge in [0.15, 0.2) is 0 Å². The molecule has 0 amide bonds. The first-order valence-corrected chi connectivity index (χ1v) is 7.51. The number of hydrogen-bond donors (Lipinski definition) is 1. The number of hydrogen-bond acceptors (Lipinski definition) is 4. The van der Waals surface area contributed by atoms with E-state index in [-0.39, 0.29) is 9.79 Å². The molecule has 1 heterocycles. The van der Waals surface area contributed by atoms with Crippen LogP contribution in [0, 0.1) is 0 Å². The first-order chi connectivity index (χ1) is 9.59. The van der Waals surface area contributed by atoms with Gasteiger partial charge >= 0.3 is 0 Å². The van der Waals surface area contributed by atoms with Crippen molar-refractivity contribution >= 4 is 26.3 Å². The molecule has 0 fully saturated rings. The lowest BCUT2D eigenvalue weighted by Crippen LogP contribution is -2.03. The molecule has 0 atom stereocenters. The largest absolute Gasteiger partial charge is 0.399 e. The number of nitrogen functional groups attached to an aromatic ring is 1. The minimum Gasteiger partial charge on any atom is -0.399 e. The monoisotopic (exact) mass is 284 g/mol. The highest BCUT2D eigenvalue weighted by Gasteiger charge is 2.19. The Morgan fingerprint density at radius 1 is 0.950 bits per heavy atom. The lowest BCUT2D eigenvalue weighted by atomic mass is 10.2. The Hall–Kier alpha value is -2.40. The number of nitrogens with zero attached hydrogens (tertiary/aromatic N) is 1. The highest BCUT2D eigenvalue weighted by Crippen LogP contribution is 2.28. The molecule has 1 aromatic heterocycles. The van der Waals surface area contributed by atoms with Gasteiger partial charge in [0.1, 0.15) is 0 Å². The fourth-order valence-corrected chi connectivity index (χ4v) is 3.58. The van der Waals surface area contributed by atoms with Crippen molar-refractivity contribution in [2.45, 2.75) is 9.79 Å². The molecular weight excluding hydrogens is 272 g/mol. The second-order valence-corrected chi connectivity index (χ2v) is 6.34. The Kier molecular flexibility index (Phi) is 2.91. The molecule has 0 bridgehead atoms. The number of aromatic nitrogens is 1. The third-order valence-corrected chi connectivity index (χ3v) is 4.95. The molecule has 3 rings (SSSR count). The third-order valence-electron chi connectivity index (χ3n) is 3.12. The summed E-state index contributed by atoms with van der Waals surface area (Å²) in [5.41, 5.74) is 6.13. The molecule has 2 aromatic carbocycles. The lowest BCUT2D eigenvalue weighted by Gasteiger charge is -2.08. The van der Waals surface area contributed by atoms with Crippen LogP contribution in [0.5, 0.6) is 0 Å². The van der Waals surface area contributed by atoms with Gasteiger partial charge in [-0.15, -0.1) is 0 Å². The number of pyridine rings is 1. The Balaban J connectivity index is 2.27. The van der Waals surface area contributed by atoms with Crippen molar-refractivity contribution in [1.29, 1.82) is 0 Å². The summed E-state index contributed by atoms with van der Waals surface area (Å²) < 4.78 is 25.4. The van der Waals surface area contributed by atoms with Gasteiger partial charge in [-0.3, -0.25) is 4.98 Å². The number of benzene rings is 2. The summed E-state index contributed by atoms with van der Waals surface area (Å²) >= 11 is 0. The fraction of sp³-hybridized carbons (Fsp3) is 0. The van der Waals surface area contributed by atoms with Crippen LogP contribution in [0.2, 0.25) is 0 Å². The van der Waals surface area contributed by atoms with Gasteiger partial charge in [-0.2, -0.15) is 0 Å². The van der Waals surface area contributed by atoms with Gasteiger partial charge in [0.05, 0.1) is 9.79 Å². The second kappa shape index (κ2) is 4.61. The van der Waals surface area contributed by atoms with Gasteiger partial charge in [0, 0.05) is 28.9 Å². The zero-order valence-corrected chi connectivity index (χ0v) is 11.3. The van der Waals surface area contributed by atoms with Crippen molar-refractivity contribution in [3.05, 3.63) is 60.9 Å². The number of sulfone groups is 1. The SMILES string of the molecule is Nc1ccc(S(=O)(=O)c2cccc3cnccc23)cc1. The average Bonchev–Trinajstić information content (AvgIpc) is 2.47. The number of anilines is 1. The van der Waals surface area contributed by atoms with E-state index >= 15 is 0 Å². The van der Waals surface area contributed by atoms with Crippen LogP contribution in [0.25, 0.3) is 10.8 Å². The second-order valence-electron chi connectivity index (χ2n) is 4.43. The first-order valence-electron chi connectivity index (χ1n) is 6.02. The van der Waals surface area contributed by atoms with Crippen LogP contribution in [0.1, 0.15) is 0 Å². The Labute approximate surface area is 116 Å². The zero-order valence-electron chi connectivity index (χ0n) is 10.5. The zero-order chi connectivity index (χ0) is 14.2. The van der Waals surface area contributed by atoms with E-state index in [2.05, 4.69) is 4.98 Å². The summed E-state index contributed by atoms with van der Waals surface area (Å²) in [7, 11) is -3.57. The topological polar surface area (TPSA) is 73.1 Å². The molecular formula is C15H12N2O2S. The summed E-state index contributed by atoms with van der Waals surface area (Å²) in [5.74, 6) is 0. The highest BCUT2D eigenvalue weighted by atomic mass is 32.2. The number of rotatable bonds is 2. The summed E-state index contributed by atoms with van der Waals surface area (Å²) in [6.07, 6.45) is 3.24. The predicted molar refractivity (Wildman–Crippen MR) is 78.0 cm³/mol. The lowest BCUT2D eigenvalue weighted by molar-refractivity contribution is 0.597. The van der Waals surface area contributed by atoms with Crippen LogP contribution in [0.4, 0.5) is 5.69 Å². The fourth-order valence-electron chi connectivity index (χ4n) is 2.10. The summed E-state index contributed by atoms with van der Waals surface area (Å²) in [6.45, 7) is 0. The van der Waals surface area contributed by atoms with Gasteiger partial charge in [-0.25, -0.2) is 8.42 Å². The molecule has 0 aliphatic carbocycles. The molecule has 20 heavy (non-hydrogen) atoms. The Bertz CT molecular complexity index is 867. The van der Waals surface area contributed by atoms with E-state index in [1.807, 2.05) is 6.07 Å². The molecule has 5 heteroatoms. The molecule has 2 N–H and O–H groups in total. The van der Waals surface area contributed by atoms with Crippen molar-refractivity contribution in [2.24, 2.45) is 0 Å². The van der Waals surface area contributed by atoms with Crippen LogP contribution in [0.15, 0.2) is 70.7 Å². The van der Waals surface area contributed by atoms with Crippen molar-refractivity contribution in [2.75, 3.05) is 5.73 Å². The molecule has 100 valence electrons.